The SMILES string of the molecule is Cl.NC(CNC(=O)c1cc(F)c(F)cc1I)C1CC1. The number of carbonyl (C=O) groups is 1. The second-order valence-electron chi connectivity index (χ2n) is 4.46. The van der Waals surface area contributed by atoms with E-state index >= 15 is 0 Å². The van der Waals surface area contributed by atoms with E-state index in [1.165, 1.54) is 0 Å². The maximum absolute atomic E-state index is 13.1. The standard InChI is InChI=1S/C12H13F2IN2O.ClH/c13-8-3-7(10(15)4-9(8)14)12(18)17-5-11(16)6-1-2-6;/h3-4,6,11H,1-2,5,16H2,(H,17,18);1H. The first kappa shape index (κ1) is 16.6. The van der Waals surface area contributed by atoms with Gasteiger partial charge in [-0.05, 0) is 53.5 Å². The molecular formula is C12H14ClF2IN2O. The molecule has 1 aliphatic carbocycles. The van der Waals surface area contributed by atoms with Crippen LogP contribution in [0.15, 0.2) is 12.1 Å². The first-order chi connectivity index (χ1) is 8.49. The normalized spacial score (nSPS) is 15.6. The molecule has 0 heterocycles. The lowest BCUT2D eigenvalue weighted by molar-refractivity contribution is 0.0949. The lowest BCUT2D eigenvalue weighted by Crippen LogP contribution is -2.38. The number of halogens is 4. The van der Waals surface area contributed by atoms with Crippen LogP contribution in [0.25, 0.3) is 0 Å². The van der Waals surface area contributed by atoms with E-state index in [0.29, 0.717) is 16.0 Å². The zero-order valence-corrected chi connectivity index (χ0v) is 12.9. The van der Waals surface area contributed by atoms with E-state index in [-0.39, 0.29) is 24.0 Å². The Hall–Kier alpha value is -0.470. The molecule has 7 heteroatoms. The van der Waals surface area contributed by atoms with Crippen molar-refractivity contribution in [3.63, 3.8) is 0 Å². The molecule has 0 saturated heterocycles. The van der Waals surface area contributed by atoms with Gasteiger partial charge in [-0.2, -0.15) is 0 Å². The van der Waals surface area contributed by atoms with Crippen LogP contribution in [0, 0.1) is 21.1 Å². The fraction of sp³-hybridized carbons (Fsp3) is 0.417. The third-order valence-corrected chi connectivity index (χ3v) is 3.87. The van der Waals surface area contributed by atoms with E-state index in [4.69, 9.17) is 5.73 Å². The highest BCUT2D eigenvalue weighted by Gasteiger charge is 2.28. The number of nitrogens with one attached hydrogen (secondary N) is 1. The molecular weight excluding hydrogens is 388 g/mol. The maximum atomic E-state index is 13.1. The Morgan fingerprint density at radius 1 is 1.42 bits per heavy atom. The van der Waals surface area contributed by atoms with Crippen LogP contribution in [0.1, 0.15) is 23.2 Å². The molecule has 0 aromatic heterocycles. The van der Waals surface area contributed by atoms with Crippen molar-refractivity contribution in [2.24, 2.45) is 11.7 Å². The molecule has 2 rings (SSSR count). The van der Waals surface area contributed by atoms with Crippen molar-refractivity contribution in [3.8, 4) is 0 Å². The average molecular weight is 403 g/mol. The minimum atomic E-state index is -1.02. The molecule has 1 aromatic rings. The Kier molecular flexibility index (Phi) is 5.94. The summed E-state index contributed by atoms with van der Waals surface area (Å²) in [5.41, 5.74) is 5.98. The Morgan fingerprint density at radius 3 is 2.58 bits per heavy atom. The maximum Gasteiger partial charge on any atom is 0.252 e. The number of rotatable bonds is 4. The zero-order valence-electron chi connectivity index (χ0n) is 9.96. The summed E-state index contributed by atoms with van der Waals surface area (Å²) in [4.78, 5) is 11.8. The van der Waals surface area contributed by atoms with E-state index in [0.717, 1.165) is 25.0 Å². The van der Waals surface area contributed by atoms with Crippen LogP contribution in [-0.2, 0) is 0 Å². The highest BCUT2D eigenvalue weighted by Crippen LogP contribution is 2.31. The summed E-state index contributed by atoms with van der Waals surface area (Å²) < 4.78 is 26.4. The van der Waals surface area contributed by atoms with Gasteiger partial charge >= 0.3 is 0 Å². The Labute approximate surface area is 129 Å². The van der Waals surface area contributed by atoms with Gasteiger partial charge in [0.05, 0.1) is 5.56 Å². The van der Waals surface area contributed by atoms with Crippen LogP contribution >= 0.6 is 35.0 Å². The smallest absolute Gasteiger partial charge is 0.252 e. The highest BCUT2D eigenvalue weighted by molar-refractivity contribution is 14.1. The van der Waals surface area contributed by atoms with Gasteiger partial charge < -0.3 is 11.1 Å². The molecule has 1 amide bonds. The van der Waals surface area contributed by atoms with Crippen molar-refractivity contribution in [1.29, 1.82) is 0 Å². The van der Waals surface area contributed by atoms with E-state index < -0.39 is 17.5 Å². The summed E-state index contributed by atoms with van der Waals surface area (Å²) in [5.74, 6) is -1.92. The van der Waals surface area contributed by atoms with E-state index in [2.05, 4.69) is 5.32 Å². The fourth-order valence-electron chi connectivity index (χ4n) is 1.69. The molecule has 0 spiro atoms. The van der Waals surface area contributed by atoms with Gasteiger partial charge in [-0.15, -0.1) is 12.4 Å². The number of amides is 1. The van der Waals surface area contributed by atoms with Crippen molar-refractivity contribution in [2.75, 3.05) is 6.54 Å². The van der Waals surface area contributed by atoms with Gasteiger partial charge in [-0.3, -0.25) is 4.79 Å². The predicted molar refractivity (Wildman–Crippen MR) is 79.4 cm³/mol. The molecule has 1 atom stereocenters. The number of carbonyl (C=O) groups excluding carboxylic acids is 1. The second-order valence-corrected chi connectivity index (χ2v) is 5.62. The number of hydrogen-bond donors (Lipinski definition) is 2. The molecule has 106 valence electrons. The summed E-state index contributed by atoms with van der Waals surface area (Å²) in [6.45, 7) is 0.360. The second kappa shape index (κ2) is 6.81. The molecule has 1 unspecified atom stereocenters. The van der Waals surface area contributed by atoms with Crippen LogP contribution in [0.5, 0.6) is 0 Å². The summed E-state index contributed by atoms with van der Waals surface area (Å²) in [6, 6.07) is 1.86. The van der Waals surface area contributed by atoms with Crippen LogP contribution in [0.4, 0.5) is 8.78 Å². The van der Waals surface area contributed by atoms with Gasteiger partial charge in [0.25, 0.3) is 5.91 Å². The van der Waals surface area contributed by atoms with E-state index in [1.54, 1.807) is 22.6 Å². The zero-order chi connectivity index (χ0) is 13.3. The summed E-state index contributed by atoms with van der Waals surface area (Å²) >= 11 is 1.80. The van der Waals surface area contributed by atoms with Gasteiger partial charge in [0.1, 0.15) is 0 Å². The van der Waals surface area contributed by atoms with Crippen molar-refractivity contribution < 1.29 is 13.6 Å². The lowest BCUT2D eigenvalue weighted by atomic mass is 10.1. The molecule has 0 aliphatic heterocycles. The fourth-order valence-corrected chi connectivity index (χ4v) is 2.37. The third-order valence-electron chi connectivity index (χ3n) is 2.98. The van der Waals surface area contributed by atoms with Gasteiger partial charge in [0, 0.05) is 16.2 Å². The molecule has 3 nitrogen and oxygen atoms in total. The summed E-state index contributed by atoms with van der Waals surface area (Å²) in [5, 5.41) is 2.65. The molecule has 1 aliphatic rings. The first-order valence-electron chi connectivity index (χ1n) is 5.67. The molecule has 1 aromatic carbocycles. The van der Waals surface area contributed by atoms with Crippen molar-refractivity contribution in [1.82, 2.24) is 5.32 Å². The third kappa shape index (κ3) is 4.25. The Morgan fingerprint density at radius 2 is 2.00 bits per heavy atom. The van der Waals surface area contributed by atoms with Crippen molar-refractivity contribution >= 4 is 40.9 Å². The highest BCUT2D eigenvalue weighted by atomic mass is 127. The number of benzene rings is 1. The first-order valence-corrected chi connectivity index (χ1v) is 6.75. The van der Waals surface area contributed by atoms with Gasteiger partial charge in [-0.1, -0.05) is 0 Å². The molecule has 19 heavy (non-hydrogen) atoms. The van der Waals surface area contributed by atoms with E-state index in [9.17, 15) is 13.6 Å². The molecule has 0 bridgehead atoms. The molecule has 0 radical (unpaired) electrons. The van der Waals surface area contributed by atoms with Gasteiger partial charge in [0.2, 0.25) is 0 Å². The summed E-state index contributed by atoms with van der Waals surface area (Å²) in [7, 11) is 0. The van der Waals surface area contributed by atoms with Gasteiger partial charge in [-0.25, -0.2) is 8.78 Å². The molecule has 3 N–H and O–H groups in total. The number of hydrogen-bond acceptors (Lipinski definition) is 2. The molecule has 1 fully saturated rings. The average Bonchev–Trinajstić information content (AvgIpc) is 3.14. The Bertz CT molecular complexity index is 483. The van der Waals surface area contributed by atoms with Gasteiger partial charge in [0.15, 0.2) is 11.6 Å². The topological polar surface area (TPSA) is 55.1 Å². The Balaban J connectivity index is 0.00000180. The van der Waals surface area contributed by atoms with Crippen LogP contribution in [-0.4, -0.2) is 18.5 Å². The minimum absolute atomic E-state index is 0. The van der Waals surface area contributed by atoms with Crippen LogP contribution in [0.2, 0.25) is 0 Å². The van der Waals surface area contributed by atoms with E-state index in [1.807, 2.05) is 0 Å². The monoisotopic (exact) mass is 402 g/mol. The largest absolute Gasteiger partial charge is 0.350 e. The predicted octanol–water partition coefficient (Wildman–Crippen LogP) is 2.46. The quantitative estimate of drug-likeness (QED) is 0.600. The lowest BCUT2D eigenvalue weighted by Gasteiger charge is -2.12. The minimum Gasteiger partial charge on any atom is -0.350 e. The molecule has 1 saturated carbocycles. The summed E-state index contributed by atoms with van der Waals surface area (Å²) in [6.07, 6.45) is 2.19. The van der Waals surface area contributed by atoms with Crippen LogP contribution in [0.3, 0.4) is 0 Å². The number of nitrogens with two attached hydrogens (primary N) is 1. The van der Waals surface area contributed by atoms with Crippen LogP contribution < -0.4 is 11.1 Å². The van der Waals surface area contributed by atoms with Crippen molar-refractivity contribution in [3.05, 3.63) is 32.9 Å². The van der Waals surface area contributed by atoms with Crippen molar-refractivity contribution in [2.45, 2.75) is 18.9 Å².